The first-order valence-electron chi connectivity index (χ1n) is 1.70. The van der Waals surface area contributed by atoms with Crippen molar-refractivity contribution in [3.63, 3.8) is 0 Å². The molecule has 0 saturated carbocycles. The molecule has 3 nitrogen and oxygen atoms in total. The molecule has 0 unspecified atom stereocenters. The topological polar surface area (TPSA) is 38.7 Å². The fraction of sp³-hybridized carbons (Fsp3) is 0. The summed E-state index contributed by atoms with van der Waals surface area (Å²) in [6, 6.07) is 0. The Hall–Kier alpha value is -0.146. The van der Waals surface area contributed by atoms with Crippen molar-refractivity contribution < 1.29 is 16.5 Å². The van der Waals surface area contributed by atoms with E-state index < -0.39 is 0 Å². The summed E-state index contributed by atoms with van der Waals surface area (Å²) in [6.45, 7) is 0. The minimum absolute atomic E-state index is 0. The summed E-state index contributed by atoms with van der Waals surface area (Å²) in [7, 11) is 0. The average molecular weight is 172 g/mol. The molecule has 0 aliphatic rings. The van der Waals surface area contributed by atoms with E-state index in [1.54, 1.807) is 0 Å². The zero-order valence-electron chi connectivity index (χ0n) is 3.76. The first-order chi connectivity index (χ1) is 3.39. The van der Waals surface area contributed by atoms with Gasteiger partial charge in [0.1, 0.15) is 12.7 Å². The van der Waals surface area contributed by atoms with Crippen molar-refractivity contribution in [2.45, 2.75) is 5.16 Å². The molecule has 1 heterocycles. The Kier molecular flexibility index (Phi) is 3.74. The molecule has 0 N–H and O–H groups in total. The molecule has 1 rings (SSSR count). The summed E-state index contributed by atoms with van der Waals surface area (Å²) in [5, 5.41) is 0.454. The SMILES string of the molecule is Sc1ncncn1.[Ni]. The second kappa shape index (κ2) is 3.81. The predicted molar refractivity (Wildman–Crippen MR) is 27.1 cm³/mol. The normalized spacial score (nSPS) is 7.62. The summed E-state index contributed by atoms with van der Waals surface area (Å²) in [5.41, 5.74) is 0. The Morgan fingerprint density at radius 3 is 2.00 bits per heavy atom. The molecule has 1 aromatic rings. The molecule has 0 bridgehead atoms. The van der Waals surface area contributed by atoms with Gasteiger partial charge < -0.3 is 0 Å². The van der Waals surface area contributed by atoms with E-state index in [4.69, 9.17) is 0 Å². The molecule has 8 heavy (non-hydrogen) atoms. The smallest absolute Gasteiger partial charge is 0.187 e. The van der Waals surface area contributed by atoms with Gasteiger partial charge in [-0.1, -0.05) is 0 Å². The van der Waals surface area contributed by atoms with Crippen molar-refractivity contribution in [3.05, 3.63) is 12.7 Å². The van der Waals surface area contributed by atoms with Crippen LogP contribution in [0.2, 0.25) is 0 Å². The molecule has 46 valence electrons. The standard InChI is InChI=1S/C3H3N3S.Ni/c7-3-5-1-4-2-6-3;/h1-2H,(H,4,5,6,7);. The predicted octanol–water partition coefficient (Wildman–Crippen LogP) is 0.158. The third kappa shape index (κ3) is 2.24. The zero-order chi connectivity index (χ0) is 5.11. The fourth-order valence-corrected chi connectivity index (χ4v) is 0.336. The molecule has 1 aromatic heterocycles. The van der Waals surface area contributed by atoms with Crippen molar-refractivity contribution in [3.8, 4) is 0 Å². The summed E-state index contributed by atoms with van der Waals surface area (Å²) in [6.07, 6.45) is 2.80. The Morgan fingerprint density at radius 1 is 1.25 bits per heavy atom. The number of rotatable bonds is 0. The number of thiol groups is 1. The van der Waals surface area contributed by atoms with Gasteiger partial charge in [-0.15, -0.1) is 12.6 Å². The van der Waals surface area contributed by atoms with Gasteiger partial charge in [-0.3, -0.25) is 0 Å². The third-order valence-electron chi connectivity index (χ3n) is 0.480. The maximum Gasteiger partial charge on any atom is 0.187 e. The van der Waals surface area contributed by atoms with E-state index in [0.717, 1.165) is 0 Å². The average Bonchev–Trinajstić information content (AvgIpc) is 1.69. The van der Waals surface area contributed by atoms with Crippen LogP contribution in [0.1, 0.15) is 0 Å². The van der Waals surface area contributed by atoms with E-state index in [9.17, 15) is 0 Å². The molecule has 5 heteroatoms. The monoisotopic (exact) mass is 171 g/mol. The Labute approximate surface area is 62.3 Å². The van der Waals surface area contributed by atoms with Gasteiger partial charge in [-0.2, -0.15) is 0 Å². The fourth-order valence-electron chi connectivity index (χ4n) is 0.233. The van der Waals surface area contributed by atoms with Crippen molar-refractivity contribution in [1.82, 2.24) is 15.0 Å². The molecular formula is C3H3N3NiS. The van der Waals surface area contributed by atoms with Crippen LogP contribution in [0.15, 0.2) is 17.8 Å². The van der Waals surface area contributed by atoms with Gasteiger partial charge in [-0.05, 0) is 0 Å². The molecule has 0 radical (unpaired) electrons. The Morgan fingerprint density at radius 2 is 1.75 bits per heavy atom. The van der Waals surface area contributed by atoms with Crippen molar-refractivity contribution in [2.75, 3.05) is 0 Å². The van der Waals surface area contributed by atoms with Gasteiger partial charge >= 0.3 is 0 Å². The minimum Gasteiger partial charge on any atom is -0.225 e. The summed E-state index contributed by atoms with van der Waals surface area (Å²) in [5.74, 6) is 0. The van der Waals surface area contributed by atoms with Crippen LogP contribution in [0.5, 0.6) is 0 Å². The van der Waals surface area contributed by atoms with Gasteiger partial charge in [-0.25, -0.2) is 15.0 Å². The molecule has 0 saturated heterocycles. The number of hydrogen-bond acceptors (Lipinski definition) is 4. The van der Waals surface area contributed by atoms with Crippen LogP contribution in [0.3, 0.4) is 0 Å². The third-order valence-corrected chi connectivity index (χ3v) is 0.711. The van der Waals surface area contributed by atoms with E-state index in [-0.39, 0.29) is 16.5 Å². The second-order valence-corrected chi connectivity index (χ2v) is 1.34. The van der Waals surface area contributed by atoms with Crippen LogP contribution >= 0.6 is 12.6 Å². The Bertz CT molecular complexity index is 144. The second-order valence-electron chi connectivity index (χ2n) is 0.938. The van der Waals surface area contributed by atoms with E-state index in [1.807, 2.05) is 0 Å². The van der Waals surface area contributed by atoms with Crippen LogP contribution in [-0.2, 0) is 16.5 Å². The van der Waals surface area contributed by atoms with E-state index in [0.29, 0.717) is 5.16 Å². The maximum atomic E-state index is 3.82. The first-order valence-corrected chi connectivity index (χ1v) is 2.15. The van der Waals surface area contributed by atoms with Crippen molar-refractivity contribution >= 4 is 12.6 Å². The van der Waals surface area contributed by atoms with Gasteiger partial charge in [0.05, 0.1) is 0 Å². The molecule has 0 aromatic carbocycles. The molecule has 0 atom stereocenters. The van der Waals surface area contributed by atoms with Crippen molar-refractivity contribution in [2.24, 2.45) is 0 Å². The van der Waals surface area contributed by atoms with E-state index in [1.165, 1.54) is 12.7 Å². The van der Waals surface area contributed by atoms with Crippen LogP contribution in [0.4, 0.5) is 0 Å². The van der Waals surface area contributed by atoms with Crippen LogP contribution < -0.4 is 0 Å². The van der Waals surface area contributed by atoms with Crippen LogP contribution in [0.25, 0.3) is 0 Å². The number of nitrogens with zero attached hydrogens (tertiary/aromatic N) is 3. The minimum atomic E-state index is 0. The molecule has 0 amide bonds. The summed E-state index contributed by atoms with van der Waals surface area (Å²) >= 11 is 3.82. The molecular weight excluding hydrogens is 169 g/mol. The molecule has 0 spiro atoms. The summed E-state index contributed by atoms with van der Waals surface area (Å²) < 4.78 is 0. The summed E-state index contributed by atoms with van der Waals surface area (Å²) in [4.78, 5) is 10.8. The van der Waals surface area contributed by atoms with Gasteiger partial charge in [0.15, 0.2) is 5.16 Å². The van der Waals surface area contributed by atoms with Gasteiger partial charge in [0.2, 0.25) is 0 Å². The van der Waals surface area contributed by atoms with Gasteiger partial charge in [0, 0.05) is 16.5 Å². The van der Waals surface area contributed by atoms with Crippen LogP contribution in [0, 0.1) is 0 Å². The number of hydrogen-bond donors (Lipinski definition) is 1. The molecule has 0 fully saturated rings. The van der Waals surface area contributed by atoms with Crippen molar-refractivity contribution in [1.29, 1.82) is 0 Å². The molecule has 0 aliphatic heterocycles. The largest absolute Gasteiger partial charge is 0.225 e. The maximum absolute atomic E-state index is 3.82. The van der Waals surface area contributed by atoms with Crippen LogP contribution in [-0.4, -0.2) is 15.0 Å². The van der Waals surface area contributed by atoms with E-state index in [2.05, 4.69) is 27.6 Å². The van der Waals surface area contributed by atoms with E-state index >= 15 is 0 Å². The number of aromatic nitrogens is 3. The zero-order valence-corrected chi connectivity index (χ0v) is 5.64. The molecule has 0 aliphatic carbocycles. The quantitative estimate of drug-likeness (QED) is 0.447. The van der Waals surface area contributed by atoms with Gasteiger partial charge in [0.25, 0.3) is 0 Å². The Balaban J connectivity index is 0.000000490. The first kappa shape index (κ1) is 7.85.